The molecule has 3 aliphatic rings. The molecule has 1 aliphatic carbocycles. The van der Waals surface area contributed by atoms with Crippen molar-refractivity contribution in [3.63, 3.8) is 0 Å². The van der Waals surface area contributed by atoms with Gasteiger partial charge in [-0.05, 0) is 12.8 Å². The maximum atomic E-state index is 15.1. The van der Waals surface area contributed by atoms with Gasteiger partial charge in [0.15, 0.2) is 11.6 Å². The van der Waals surface area contributed by atoms with E-state index in [1.54, 1.807) is 12.3 Å². The fourth-order valence-electron chi connectivity index (χ4n) is 3.45. The first-order chi connectivity index (χ1) is 12.8. The average Bonchev–Trinajstić information content (AvgIpc) is 3.33. The van der Waals surface area contributed by atoms with Crippen molar-refractivity contribution in [2.24, 2.45) is 0 Å². The highest BCUT2D eigenvalue weighted by atomic mass is 19.1. The maximum Gasteiger partial charge on any atom is 0.208 e. The van der Waals surface area contributed by atoms with Gasteiger partial charge in [-0.15, -0.1) is 0 Å². The van der Waals surface area contributed by atoms with Crippen LogP contribution in [0.15, 0.2) is 12.3 Å². The molecule has 0 unspecified atom stereocenters. The van der Waals surface area contributed by atoms with Crippen LogP contribution in [0.2, 0.25) is 0 Å². The first-order valence-corrected chi connectivity index (χ1v) is 9.18. The third kappa shape index (κ3) is 3.01. The van der Waals surface area contributed by atoms with Crippen LogP contribution in [-0.2, 0) is 4.74 Å². The molecule has 0 radical (unpaired) electrons. The Morgan fingerprint density at radius 1 is 1.15 bits per heavy atom. The molecule has 2 aromatic heterocycles. The molecule has 2 saturated heterocycles. The Morgan fingerprint density at radius 3 is 2.58 bits per heavy atom. The van der Waals surface area contributed by atoms with Crippen molar-refractivity contribution in [2.45, 2.75) is 24.8 Å². The van der Waals surface area contributed by atoms with E-state index in [0.717, 1.165) is 58.1 Å². The topological polar surface area (TPSA) is 82.2 Å². The van der Waals surface area contributed by atoms with Gasteiger partial charge in [0.25, 0.3) is 0 Å². The van der Waals surface area contributed by atoms with Crippen LogP contribution in [0, 0.1) is 5.82 Å². The van der Waals surface area contributed by atoms with Crippen LogP contribution in [0.5, 0.6) is 0 Å². The summed E-state index contributed by atoms with van der Waals surface area (Å²) in [6.45, 7) is 4.95. The van der Waals surface area contributed by atoms with Crippen molar-refractivity contribution in [1.82, 2.24) is 25.1 Å². The molecule has 0 atom stereocenters. The zero-order valence-corrected chi connectivity index (χ0v) is 14.5. The molecule has 0 aromatic carbocycles. The summed E-state index contributed by atoms with van der Waals surface area (Å²) in [4.78, 5) is 13.5. The average molecular weight is 359 g/mol. The number of aromatic amines is 1. The number of hydrogen-bond donors (Lipinski definition) is 2. The summed E-state index contributed by atoms with van der Waals surface area (Å²) in [7, 11) is 0. The Morgan fingerprint density at radius 2 is 1.96 bits per heavy atom. The molecule has 0 amide bonds. The number of anilines is 3. The summed E-state index contributed by atoms with van der Waals surface area (Å²) in [6, 6.07) is 2.27. The fraction of sp³-hybridized carbons (Fsp3) is 0.588. The number of nitrogens with zero attached hydrogens (tertiary/aromatic N) is 5. The minimum Gasteiger partial charge on any atom is -0.378 e. The SMILES string of the molecule is Fc1c(Nc2ccn[nH]2)nc(C2CC2)nc1N1CCN(C2COC2)CC1. The van der Waals surface area contributed by atoms with Crippen molar-refractivity contribution in [1.29, 1.82) is 0 Å². The number of aromatic nitrogens is 4. The highest BCUT2D eigenvalue weighted by Crippen LogP contribution is 2.40. The Balaban J connectivity index is 1.39. The molecule has 4 heterocycles. The van der Waals surface area contributed by atoms with E-state index in [2.05, 4.69) is 30.4 Å². The van der Waals surface area contributed by atoms with Crippen LogP contribution >= 0.6 is 0 Å². The molecule has 2 aliphatic heterocycles. The lowest BCUT2D eigenvalue weighted by Gasteiger charge is -2.42. The van der Waals surface area contributed by atoms with Gasteiger partial charge in [-0.2, -0.15) is 9.49 Å². The number of hydrogen-bond acceptors (Lipinski definition) is 7. The molecule has 3 fully saturated rings. The van der Waals surface area contributed by atoms with Crippen molar-refractivity contribution in [3.8, 4) is 0 Å². The van der Waals surface area contributed by atoms with Gasteiger partial charge in [-0.1, -0.05) is 0 Å². The van der Waals surface area contributed by atoms with Gasteiger partial charge in [-0.25, -0.2) is 9.97 Å². The van der Waals surface area contributed by atoms with E-state index in [1.165, 1.54) is 0 Å². The molecular weight excluding hydrogens is 337 g/mol. The predicted octanol–water partition coefficient (Wildman–Crippen LogP) is 1.48. The quantitative estimate of drug-likeness (QED) is 0.837. The first kappa shape index (κ1) is 16.0. The molecule has 9 heteroatoms. The van der Waals surface area contributed by atoms with E-state index >= 15 is 4.39 Å². The van der Waals surface area contributed by atoms with E-state index in [0.29, 0.717) is 23.6 Å². The van der Waals surface area contributed by atoms with E-state index in [-0.39, 0.29) is 5.82 Å². The lowest BCUT2D eigenvalue weighted by molar-refractivity contribution is -0.0661. The van der Waals surface area contributed by atoms with E-state index < -0.39 is 5.82 Å². The van der Waals surface area contributed by atoms with Crippen molar-refractivity contribution >= 4 is 17.5 Å². The second-order valence-electron chi connectivity index (χ2n) is 7.15. The molecule has 1 saturated carbocycles. The summed E-state index contributed by atoms with van der Waals surface area (Å²) in [5.41, 5.74) is 0. The lowest BCUT2D eigenvalue weighted by Crippen LogP contribution is -2.56. The molecule has 2 N–H and O–H groups in total. The van der Waals surface area contributed by atoms with Crippen LogP contribution in [0.25, 0.3) is 0 Å². The highest BCUT2D eigenvalue weighted by molar-refractivity contribution is 5.58. The monoisotopic (exact) mass is 359 g/mol. The molecule has 2 aromatic rings. The minimum absolute atomic E-state index is 0.218. The Bertz CT molecular complexity index is 768. The van der Waals surface area contributed by atoms with Crippen molar-refractivity contribution in [3.05, 3.63) is 23.9 Å². The first-order valence-electron chi connectivity index (χ1n) is 9.18. The molecule has 8 nitrogen and oxygen atoms in total. The van der Waals surface area contributed by atoms with Gasteiger partial charge in [0.2, 0.25) is 5.82 Å². The standard InChI is InChI=1S/C17H22FN7O/c18-14-16(20-13-3-4-19-23-13)21-15(11-1-2-11)22-17(14)25-7-5-24(6-8-25)12-9-26-10-12/h3-4,11-12H,1-2,5-10H2,(H2,19,20,21,22,23). The predicted molar refractivity (Wildman–Crippen MR) is 94.2 cm³/mol. The van der Waals surface area contributed by atoms with E-state index in [9.17, 15) is 0 Å². The fourth-order valence-corrected chi connectivity index (χ4v) is 3.45. The molecule has 26 heavy (non-hydrogen) atoms. The Kier molecular flexibility index (Phi) is 3.97. The lowest BCUT2D eigenvalue weighted by atomic mass is 10.2. The number of H-pyrrole nitrogens is 1. The number of halogens is 1. The summed E-state index contributed by atoms with van der Waals surface area (Å²) in [5.74, 6) is 1.93. The smallest absolute Gasteiger partial charge is 0.208 e. The van der Waals surface area contributed by atoms with Crippen LogP contribution < -0.4 is 10.2 Å². The summed E-state index contributed by atoms with van der Waals surface area (Å²) in [6.07, 6.45) is 3.77. The zero-order chi connectivity index (χ0) is 17.5. The number of nitrogens with one attached hydrogen (secondary N) is 2. The normalized spacial score (nSPS) is 21.7. The molecule has 138 valence electrons. The third-order valence-corrected chi connectivity index (χ3v) is 5.30. The van der Waals surface area contributed by atoms with Crippen molar-refractivity contribution in [2.75, 3.05) is 49.6 Å². The largest absolute Gasteiger partial charge is 0.378 e. The van der Waals surface area contributed by atoms with Crippen LogP contribution in [-0.4, -0.2) is 70.5 Å². The van der Waals surface area contributed by atoms with Gasteiger partial charge in [0.05, 0.1) is 25.5 Å². The maximum absolute atomic E-state index is 15.1. The van der Waals surface area contributed by atoms with Gasteiger partial charge >= 0.3 is 0 Å². The molecule has 0 bridgehead atoms. The number of piperazine rings is 1. The Hall–Kier alpha value is -2.26. The number of rotatable bonds is 5. The third-order valence-electron chi connectivity index (χ3n) is 5.30. The summed E-state index contributed by atoms with van der Waals surface area (Å²) in [5, 5.41) is 9.68. The van der Waals surface area contributed by atoms with Gasteiger partial charge in [0.1, 0.15) is 11.6 Å². The summed E-state index contributed by atoms with van der Waals surface area (Å²) >= 11 is 0. The summed E-state index contributed by atoms with van der Waals surface area (Å²) < 4.78 is 20.4. The van der Waals surface area contributed by atoms with Crippen LogP contribution in [0.1, 0.15) is 24.6 Å². The molecule has 5 rings (SSSR count). The van der Waals surface area contributed by atoms with Crippen LogP contribution in [0.3, 0.4) is 0 Å². The molecular formula is C17H22FN7O. The van der Waals surface area contributed by atoms with Crippen LogP contribution in [0.4, 0.5) is 21.8 Å². The van der Waals surface area contributed by atoms with Gasteiger partial charge in [-0.3, -0.25) is 10.00 Å². The Labute approximate surface area is 150 Å². The van der Waals surface area contributed by atoms with E-state index in [4.69, 9.17) is 4.74 Å². The zero-order valence-electron chi connectivity index (χ0n) is 14.5. The van der Waals surface area contributed by atoms with Gasteiger partial charge in [0, 0.05) is 38.2 Å². The number of ether oxygens (including phenoxy) is 1. The minimum atomic E-state index is -0.399. The van der Waals surface area contributed by atoms with E-state index in [1.807, 2.05) is 4.90 Å². The second kappa shape index (κ2) is 6.48. The van der Waals surface area contributed by atoms with Gasteiger partial charge < -0.3 is 15.0 Å². The second-order valence-corrected chi connectivity index (χ2v) is 7.15. The highest BCUT2D eigenvalue weighted by Gasteiger charge is 2.33. The van der Waals surface area contributed by atoms with Crippen molar-refractivity contribution < 1.29 is 9.13 Å². The molecule has 0 spiro atoms.